The normalized spacial score (nSPS) is 12.6. The molecule has 6 nitrogen and oxygen atoms in total. The number of amides is 1. The lowest BCUT2D eigenvalue weighted by atomic mass is 10.0. The molecule has 158 valence electrons. The number of sulfonamides is 1. The minimum absolute atomic E-state index is 0.0354. The van der Waals surface area contributed by atoms with E-state index in [2.05, 4.69) is 10.0 Å². The van der Waals surface area contributed by atoms with Crippen LogP contribution >= 0.6 is 0 Å². The zero-order valence-electron chi connectivity index (χ0n) is 17.0. The number of rotatable bonds is 9. The molecule has 2 N–H and O–H groups in total. The molecule has 2 rings (SSSR count). The molecular weight excluding hydrogens is 395 g/mol. The molecule has 0 heterocycles. The molecule has 0 fully saturated rings. The molecule has 0 aliphatic carbocycles. The summed E-state index contributed by atoms with van der Waals surface area (Å²) in [6.45, 7) is 5.74. The van der Waals surface area contributed by atoms with Crippen molar-refractivity contribution < 1.29 is 22.3 Å². The molecule has 2 aromatic carbocycles. The molecule has 8 heteroatoms. The third-order valence-electron chi connectivity index (χ3n) is 4.55. The van der Waals surface area contributed by atoms with Crippen LogP contribution in [0.15, 0.2) is 47.4 Å². The van der Waals surface area contributed by atoms with Gasteiger partial charge in [-0.2, -0.15) is 0 Å². The second kappa shape index (κ2) is 9.84. The first-order chi connectivity index (χ1) is 13.6. The molecule has 0 aromatic heterocycles. The molecule has 2 aromatic rings. The number of hydrogen-bond acceptors (Lipinski definition) is 4. The van der Waals surface area contributed by atoms with E-state index in [1.807, 2.05) is 13.8 Å². The highest BCUT2D eigenvalue weighted by atomic mass is 32.2. The van der Waals surface area contributed by atoms with Crippen molar-refractivity contribution >= 4 is 15.9 Å². The van der Waals surface area contributed by atoms with E-state index in [4.69, 9.17) is 4.74 Å². The van der Waals surface area contributed by atoms with E-state index in [1.165, 1.54) is 19.2 Å². The maximum Gasteiger partial charge on any atom is 0.240 e. The molecule has 0 saturated heterocycles. The Bertz CT molecular complexity index is 944. The Morgan fingerprint density at radius 3 is 2.24 bits per heavy atom. The van der Waals surface area contributed by atoms with Gasteiger partial charge in [-0.05, 0) is 48.2 Å². The number of halogens is 1. The van der Waals surface area contributed by atoms with Crippen molar-refractivity contribution in [2.24, 2.45) is 0 Å². The van der Waals surface area contributed by atoms with E-state index in [0.29, 0.717) is 11.5 Å². The van der Waals surface area contributed by atoms with Gasteiger partial charge in [0.25, 0.3) is 0 Å². The van der Waals surface area contributed by atoms with Gasteiger partial charge >= 0.3 is 0 Å². The number of benzene rings is 2. The smallest absolute Gasteiger partial charge is 0.240 e. The summed E-state index contributed by atoms with van der Waals surface area (Å²) in [6.07, 6.45) is -0.0354. The summed E-state index contributed by atoms with van der Waals surface area (Å²) in [5.74, 6) is -0.415. The van der Waals surface area contributed by atoms with Crippen LogP contribution in [0.25, 0.3) is 0 Å². The maximum absolute atomic E-state index is 13.8. The Balaban J connectivity index is 1.87. The average Bonchev–Trinajstić information content (AvgIpc) is 2.67. The topological polar surface area (TPSA) is 84.5 Å². The van der Waals surface area contributed by atoms with Gasteiger partial charge in [-0.1, -0.05) is 32.0 Å². The van der Waals surface area contributed by atoms with Gasteiger partial charge in [0.1, 0.15) is 0 Å². The molecule has 1 unspecified atom stereocenters. The zero-order valence-corrected chi connectivity index (χ0v) is 17.8. The number of carbonyl (C=O) groups excluding carboxylic acids is 1. The number of ether oxygens (including phenoxy) is 1. The summed E-state index contributed by atoms with van der Waals surface area (Å²) in [5.41, 5.74) is 1.63. The van der Waals surface area contributed by atoms with Crippen LogP contribution in [-0.2, 0) is 14.8 Å². The molecule has 0 bridgehead atoms. The van der Waals surface area contributed by atoms with E-state index in [9.17, 15) is 17.6 Å². The fraction of sp³-hybridized carbons (Fsp3) is 0.381. The Labute approximate surface area is 171 Å². The average molecular weight is 423 g/mol. The van der Waals surface area contributed by atoms with Crippen LogP contribution in [0.2, 0.25) is 0 Å². The van der Waals surface area contributed by atoms with Crippen molar-refractivity contribution in [3.8, 4) is 5.75 Å². The molecule has 0 spiro atoms. The molecule has 29 heavy (non-hydrogen) atoms. The van der Waals surface area contributed by atoms with Crippen LogP contribution in [0.4, 0.5) is 4.39 Å². The molecular formula is C21H27FN2O4S. The fourth-order valence-electron chi connectivity index (χ4n) is 2.76. The van der Waals surface area contributed by atoms with Gasteiger partial charge < -0.3 is 10.1 Å². The van der Waals surface area contributed by atoms with Crippen molar-refractivity contribution in [2.45, 2.75) is 44.0 Å². The van der Waals surface area contributed by atoms with Crippen LogP contribution in [0, 0.1) is 5.82 Å². The zero-order chi connectivity index (χ0) is 21.6. The van der Waals surface area contributed by atoms with Crippen molar-refractivity contribution in [1.29, 1.82) is 0 Å². The summed E-state index contributed by atoms with van der Waals surface area (Å²) in [4.78, 5) is 12.3. The third kappa shape index (κ3) is 6.27. The molecule has 1 atom stereocenters. The van der Waals surface area contributed by atoms with E-state index >= 15 is 0 Å². The number of hydrogen-bond donors (Lipinski definition) is 2. The van der Waals surface area contributed by atoms with Gasteiger partial charge in [0.2, 0.25) is 15.9 Å². The first-order valence-electron chi connectivity index (χ1n) is 9.36. The van der Waals surface area contributed by atoms with Gasteiger partial charge in [0.15, 0.2) is 11.6 Å². The Kier molecular flexibility index (Phi) is 7.75. The summed E-state index contributed by atoms with van der Waals surface area (Å²) < 4.78 is 45.8. The molecule has 0 saturated carbocycles. The van der Waals surface area contributed by atoms with Crippen molar-refractivity contribution in [2.75, 3.05) is 13.7 Å². The predicted molar refractivity (Wildman–Crippen MR) is 110 cm³/mol. The van der Waals surface area contributed by atoms with Crippen LogP contribution in [0.3, 0.4) is 0 Å². The SMILES string of the molecule is COc1ccc(C(C)NC(=O)CCNS(=O)(=O)c2ccc(C(C)C)cc2)cc1F. The highest BCUT2D eigenvalue weighted by molar-refractivity contribution is 7.89. The van der Waals surface area contributed by atoms with Gasteiger partial charge in [-0.3, -0.25) is 4.79 Å². The van der Waals surface area contributed by atoms with Crippen LogP contribution in [0.5, 0.6) is 5.75 Å². The van der Waals surface area contributed by atoms with Crippen LogP contribution in [0.1, 0.15) is 50.3 Å². The van der Waals surface area contributed by atoms with Crippen molar-refractivity contribution in [3.05, 3.63) is 59.4 Å². The van der Waals surface area contributed by atoms with E-state index < -0.39 is 21.9 Å². The third-order valence-corrected chi connectivity index (χ3v) is 6.03. The van der Waals surface area contributed by atoms with Crippen LogP contribution in [-0.4, -0.2) is 28.0 Å². The van der Waals surface area contributed by atoms with E-state index in [0.717, 1.165) is 5.56 Å². The standard InChI is InChI=1S/C21H27FN2O4S/c1-14(2)16-5-8-18(9-6-16)29(26,27)23-12-11-21(25)24-15(3)17-7-10-20(28-4)19(22)13-17/h5-10,13-15,23H,11-12H2,1-4H3,(H,24,25). The number of methoxy groups -OCH3 is 1. The van der Waals surface area contributed by atoms with Crippen molar-refractivity contribution in [3.63, 3.8) is 0 Å². The fourth-order valence-corrected chi connectivity index (χ4v) is 3.79. The number of nitrogens with one attached hydrogen (secondary N) is 2. The summed E-state index contributed by atoms with van der Waals surface area (Å²) in [5, 5.41) is 2.73. The van der Waals surface area contributed by atoms with Gasteiger partial charge in [0, 0.05) is 13.0 Å². The number of carbonyl (C=O) groups is 1. The Morgan fingerprint density at radius 1 is 1.07 bits per heavy atom. The Hall–Kier alpha value is -2.45. The summed E-state index contributed by atoms with van der Waals surface area (Å²) in [7, 11) is -2.31. The lowest BCUT2D eigenvalue weighted by Crippen LogP contribution is -2.32. The first-order valence-corrected chi connectivity index (χ1v) is 10.8. The van der Waals surface area contributed by atoms with Gasteiger partial charge in [-0.25, -0.2) is 17.5 Å². The quantitative estimate of drug-likeness (QED) is 0.648. The lowest BCUT2D eigenvalue weighted by molar-refractivity contribution is -0.121. The monoisotopic (exact) mass is 422 g/mol. The predicted octanol–water partition coefficient (Wildman–Crippen LogP) is 3.50. The molecule has 1 amide bonds. The highest BCUT2D eigenvalue weighted by Gasteiger charge is 2.16. The van der Waals surface area contributed by atoms with Gasteiger partial charge in [0.05, 0.1) is 18.0 Å². The highest BCUT2D eigenvalue weighted by Crippen LogP contribution is 2.22. The van der Waals surface area contributed by atoms with E-state index in [-0.39, 0.29) is 29.5 Å². The van der Waals surface area contributed by atoms with Crippen molar-refractivity contribution in [1.82, 2.24) is 10.0 Å². The minimum atomic E-state index is -3.69. The largest absolute Gasteiger partial charge is 0.494 e. The molecule has 0 aliphatic rings. The van der Waals surface area contributed by atoms with Gasteiger partial charge in [-0.15, -0.1) is 0 Å². The molecule has 0 radical (unpaired) electrons. The minimum Gasteiger partial charge on any atom is -0.494 e. The van der Waals surface area contributed by atoms with Crippen LogP contribution < -0.4 is 14.8 Å². The summed E-state index contributed by atoms with van der Waals surface area (Å²) >= 11 is 0. The summed E-state index contributed by atoms with van der Waals surface area (Å²) in [6, 6.07) is 10.7. The second-order valence-electron chi connectivity index (χ2n) is 7.05. The maximum atomic E-state index is 13.8. The molecule has 0 aliphatic heterocycles. The lowest BCUT2D eigenvalue weighted by Gasteiger charge is -2.15. The second-order valence-corrected chi connectivity index (χ2v) is 8.82. The first kappa shape index (κ1) is 22.8. The van der Waals surface area contributed by atoms with E-state index in [1.54, 1.807) is 37.3 Å². The Morgan fingerprint density at radius 2 is 1.69 bits per heavy atom.